The number of carbonyl (C=O) groups excluding carboxylic acids is 1. The van der Waals surface area contributed by atoms with E-state index in [-0.39, 0.29) is 5.91 Å². The van der Waals surface area contributed by atoms with Crippen LogP contribution in [0.4, 0.5) is 5.13 Å². The lowest BCUT2D eigenvalue weighted by atomic mass is 9.73. The van der Waals surface area contributed by atoms with Crippen molar-refractivity contribution in [2.45, 2.75) is 71.9 Å². The second-order valence-corrected chi connectivity index (χ2v) is 11.9. The summed E-state index contributed by atoms with van der Waals surface area (Å²) in [5.74, 6) is 0.771. The topological polar surface area (TPSA) is 45.2 Å². The number of aryl methyl sites for hydroxylation is 1. The quantitative estimate of drug-likeness (QED) is 0.440. The number of rotatable bonds is 7. The zero-order chi connectivity index (χ0) is 23.0. The number of hydrogen-bond acceptors (Lipinski definition) is 4. The fraction of sp³-hybridized carbons (Fsp3) is 0.500. The number of aromatic nitrogens is 1. The van der Waals surface area contributed by atoms with Crippen LogP contribution in [0.3, 0.4) is 0 Å². The monoisotopic (exact) mass is 461 g/mol. The van der Waals surface area contributed by atoms with E-state index in [1.165, 1.54) is 46.2 Å². The minimum Gasteiger partial charge on any atom is -0.302 e. The van der Waals surface area contributed by atoms with Crippen LogP contribution in [-0.4, -0.2) is 28.4 Å². The number of fused-ring (bicyclic) bond motifs is 2. The van der Waals surface area contributed by atoms with E-state index in [0.29, 0.717) is 23.8 Å². The second kappa shape index (κ2) is 9.19. The maximum absolute atomic E-state index is 12.8. The molecule has 5 rings (SSSR count). The molecule has 0 saturated heterocycles. The summed E-state index contributed by atoms with van der Waals surface area (Å²) in [6.07, 6.45) is 6.30. The van der Waals surface area contributed by atoms with Gasteiger partial charge in [0.15, 0.2) is 5.13 Å². The average molecular weight is 462 g/mol. The average Bonchev–Trinajstić information content (AvgIpc) is 3.55. The number of nitrogens with zero attached hydrogens (tertiary/aromatic N) is 2. The SMILES string of the molecule is CC(C)(C)C1CCc2nc(NC(=O)CCN(Cc3cccc4ccccc34)C3CC3)sc2C1. The molecule has 1 atom stereocenters. The van der Waals surface area contributed by atoms with Crippen LogP contribution in [0.5, 0.6) is 0 Å². The molecule has 1 saturated carbocycles. The number of hydrogen-bond donors (Lipinski definition) is 1. The fourth-order valence-corrected chi connectivity index (χ4v) is 6.18. The Kier molecular flexibility index (Phi) is 6.28. The highest BCUT2D eigenvalue weighted by Gasteiger charge is 2.31. The highest BCUT2D eigenvalue weighted by Crippen LogP contribution is 2.40. The van der Waals surface area contributed by atoms with Crippen molar-refractivity contribution < 1.29 is 4.79 Å². The lowest BCUT2D eigenvalue weighted by Gasteiger charge is -2.33. The molecule has 0 spiro atoms. The van der Waals surface area contributed by atoms with E-state index >= 15 is 0 Å². The van der Waals surface area contributed by atoms with Crippen LogP contribution in [0.1, 0.15) is 62.6 Å². The molecule has 0 bridgehead atoms. The molecule has 1 amide bonds. The first-order valence-corrected chi connectivity index (χ1v) is 13.2. The first-order chi connectivity index (χ1) is 15.9. The number of amides is 1. The summed E-state index contributed by atoms with van der Waals surface area (Å²) in [7, 11) is 0. The summed E-state index contributed by atoms with van der Waals surface area (Å²) in [6.45, 7) is 8.68. The van der Waals surface area contributed by atoms with Crippen molar-refractivity contribution in [3.8, 4) is 0 Å². The van der Waals surface area contributed by atoms with Crippen molar-refractivity contribution in [1.82, 2.24) is 9.88 Å². The minimum atomic E-state index is 0.0806. The smallest absolute Gasteiger partial charge is 0.227 e. The molecular weight excluding hydrogens is 426 g/mol. The molecule has 3 aromatic rings. The van der Waals surface area contributed by atoms with E-state index in [4.69, 9.17) is 4.98 Å². The van der Waals surface area contributed by atoms with E-state index in [9.17, 15) is 4.79 Å². The van der Waals surface area contributed by atoms with Crippen molar-refractivity contribution in [3.05, 3.63) is 58.6 Å². The largest absolute Gasteiger partial charge is 0.302 e. The molecule has 0 radical (unpaired) electrons. The van der Waals surface area contributed by atoms with E-state index in [0.717, 1.165) is 31.1 Å². The van der Waals surface area contributed by atoms with E-state index in [1.807, 2.05) is 0 Å². The van der Waals surface area contributed by atoms with Crippen LogP contribution in [0.15, 0.2) is 42.5 Å². The van der Waals surface area contributed by atoms with Gasteiger partial charge in [-0.15, -0.1) is 11.3 Å². The number of thiazole rings is 1. The zero-order valence-electron chi connectivity index (χ0n) is 20.1. The van der Waals surface area contributed by atoms with Crippen molar-refractivity contribution >= 4 is 33.1 Å². The van der Waals surface area contributed by atoms with Crippen LogP contribution >= 0.6 is 11.3 Å². The number of carbonyl (C=O) groups is 1. The van der Waals surface area contributed by atoms with Crippen molar-refractivity contribution in [2.24, 2.45) is 11.3 Å². The van der Waals surface area contributed by atoms with Crippen LogP contribution in [0.2, 0.25) is 0 Å². The van der Waals surface area contributed by atoms with Gasteiger partial charge < -0.3 is 5.32 Å². The third-order valence-electron chi connectivity index (χ3n) is 7.35. The predicted octanol–water partition coefficient (Wildman–Crippen LogP) is 6.44. The van der Waals surface area contributed by atoms with Gasteiger partial charge in [0.2, 0.25) is 5.91 Å². The summed E-state index contributed by atoms with van der Waals surface area (Å²) in [4.78, 5) is 21.4. The lowest BCUT2D eigenvalue weighted by Crippen LogP contribution is -2.29. The van der Waals surface area contributed by atoms with Crippen molar-refractivity contribution in [1.29, 1.82) is 0 Å². The Balaban J connectivity index is 1.19. The van der Waals surface area contributed by atoms with E-state index in [1.54, 1.807) is 11.3 Å². The molecule has 1 heterocycles. The van der Waals surface area contributed by atoms with Gasteiger partial charge in [0.1, 0.15) is 0 Å². The normalized spacial score (nSPS) is 18.5. The Labute approximate surface area is 201 Å². The van der Waals surface area contributed by atoms with Crippen LogP contribution < -0.4 is 5.32 Å². The fourth-order valence-electron chi connectivity index (χ4n) is 5.07. The Morgan fingerprint density at radius 1 is 1.12 bits per heavy atom. The number of nitrogens with one attached hydrogen (secondary N) is 1. The molecule has 2 aliphatic rings. The molecular formula is C28H35N3OS. The lowest BCUT2D eigenvalue weighted by molar-refractivity contribution is -0.116. The van der Waals surface area contributed by atoms with Crippen LogP contribution in [0, 0.1) is 11.3 Å². The molecule has 1 fully saturated rings. The summed E-state index contributed by atoms with van der Waals surface area (Å²) in [6, 6.07) is 15.7. The predicted molar refractivity (Wildman–Crippen MR) is 138 cm³/mol. The van der Waals surface area contributed by atoms with Gasteiger partial charge in [-0.25, -0.2) is 4.98 Å². The Morgan fingerprint density at radius 2 is 1.91 bits per heavy atom. The van der Waals surface area contributed by atoms with Gasteiger partial charge in [-0.1, -0.05) is 63.2 Å². The van der Waals surface area contributed by atoms with Gasteiger partial charge in [0.05, 0.1) is 5.69 Å². The summed E-state index contributed by atoms with van der Waals surface area (Å²) >= 11 is 1.68. The number of benzene rings is 2. The Hall–Kier alpha value is -2.24. The van der Waals surface area contributed by atoms with Crippen molar-refractivity contribution in [3.63, 3.8) is 0 Å². The maximum atomic E-state index is 12.8. The van der Waals surface area contributed by atoms with E-state index < -0.39 is 0 Å². The molecule has 33 heavy (non-hydrogen) atoms. The summed E-state index contributed by atoms with van der Waals surface area (Å²) < 4.78 is 0. The van der Waals surface area contributed by atoms with Gasteiger partial charge in [-0.2, -0.15) is 0 Å². The molecule has 1 N–H and O–H groups in total. The highest BCUT2D eigenvalue weighted by molar-refractivity contribution is 7.15. The highest BCUT2D eigenvalue weighted by atomic mass is 32.1. The van der Waals surface area contributed by atoms with Gasteiger partial charge >= 0.3 is 0 Å². The third kappa shape index (κ3) is 5.30. The standard InChI is InChI=1S/C28H35N3OS/c1-28(2,3)21-11-14-24-25(17-21)33-27(29-24)30-26(32)15-16-31(22-12-13-22)18-20-9-6-8-19-7-4-5-10-23(19)20/h4-10,21-22H,11-18H2,1-3H3,(H,29,30,32). The Morgan fingerprint density at radius 3 is 2.70 bits per heavy atom. The van der Waals surface area contributed by atoms with E-state index in [2.05, 4.69) is 73.5 Å². The van der Waals surface area contributed by atoms with Crippen LogP contribution in [-0.2, 0) is 24.2 Å². The second-order valence-electron chi connectivity index (χ2n) is 10.8. The molecule has 2 aliphatic carbocycles. The Bertz CT molecular complexity index is 1140. The third-order valence-corrected chi connectivity index (χ3v) is 8.39. The zero-order valence-corrected chi connectivity index (χ0v) is 20.9. The summed E-state index contributed by atoms with van der Waals surface area (Å²) in [5.41, 5.74) is 2.87. The maximum Gasteiger partial charge on any atom is 0.227 e. The first-order valence-electron chi connectivity index (χ1n) is 12.4. The van der Waals surface area contributed by atoms with Gasteiger partial charge in [-0.3, -0.25) is 9.69 Å². The van der Waals surface area contributed by atoms with Gasteiger partial charge in [-0.05, 0) is 59.8 Å². The molecule has 0 aliphatic heterocycles. The number of anilines is 1. The molecule has 2 aromatic carbocycles. The van der Waals surface area contributed by atoms with Crippen LogP contribution in [0.25, 0.3) is 10.8 Å². The molecule has 174 valence electrons. The first kappa shape index (κ1) is 22.5. The molecule has 1 aromatic heterocycles. The summed E-state index contributed by atoms with van der Waals surface area (Å²) in [5, 5.41) is 6.49. The minimum absolute atomic E-state index is 0.0806. The van der Waals surface area contributed by atoms with Gasteiger partial charge in [0, 0.05) is 30.4 Å². The molecule has 1 unspecified atom stereocenters. The molecule has 4 nitrogen and oxygen atoms in total. The molecule has 5 heteroatoms. The van der Waals surface area contributed by atoms with Gasteiger partial charge in [0.25, 0.3) is 0 Å². The van der Waals surface area contributed by atoms with Crippen molar-refractivity contribution in [2.75, 3.05) is 11.9 Å².